The van der Waals surface area contributed by atoms with Gasteiger partial charge in [0.1, 0.15) is 0 Å². The zero-order valence-corrected chi connectivity index (χ0v) is 12.3. The summed E-state index contributed by atoms with van der Waals surface area (Å²) in [5, 5.41) is 8.16. The maximum Gasteiger partial charge on any atom is 0.0638 e. The van der Waals surface area contributed by atoms with Crippen LogP contribution in [0.25, 0.3) is 0 Å². The Labute approximate surface area is 111 Å². The van der Waals surface area contributed by atoms with E-state index in [1.807, 2.05) is 0 Å². The lowest BCUT2D eigenvalue weighted by Gasteiger charge is -2.17. The molecule has 0 unspecified atom stereocenters. The minimum atomic E-state index is 0.429. The van der Waals surface area contributed by atoms with Crippen LogP contribution in [-0.4, -0.2) is 15.8 Å². The van der Waals surface area contributed by atoms with Gasteiger partial charge in [-0.15, -0.1) is 0 Å². The number of aryl methyl sites for hydroxylation is 2. The quantitative estimate of drug-likeness (QED) is 0.838. The first-order valence-electron chi connectivity index (χ1n) is 7.20. The van der Waals surface area contributed by atoms with Gasteiger partial charge in [0.15, 0.2) is 0 Å². The molecule has 0 radical (unpaired) electrons. The number of hydrogen-bond acceptors (Lipinski definition) is 2. The molecular weight excluding hydrogens is 222 g/mol. The van der Waals surface area contributed by atoms with Crippen LogP contribution in [-0.2, 0) is 13.1 Å². The van der Waals surface area contributed by atoms with Gasteiger partial charge in [-0.25, -0.2) is 0 Å². The van der Waals surface area contributed by atoms with Gasteiger partial charge in [-0.2, -0.15) is 5.10 Å². The van der Waals surface area contributed by atoms with E-state index >= 15 is 0 Å². The third-order valence-electron chi connectivity index (χ3n) is 3.52. The first kappa shape index (κ1) is 13.6. The van der Waals surface area contributed by atoms with Gasteiger partial charge in [0.25, 0.3) is 0 Å². The molecule has 18 heavy (non-hydrogen) atoms. The van der Waals surface area contributed by atoms with E-state index in [1.165, 1.54) is 36.9 Å². The maximum atomic E-state index is 4.61. The van der Waals surface area contributed by atoms with Crippen LogP contribution < -0.4 is 5.32 Å². The number of aromatic nitrogens is 2. The average molecular weight is 249 g/mol. The lowest BCUT2D eigenvalue weighted by atomic mass is 9.91. The monoisotopic (exact) mass is 249 g/mol. The highest BCUT2D eigenvalue weighted by atomic mass is 15.3. The molecule has 1 saturated carbocycles. The van der Waals surface area contributed by atoms with Crippen LogP contribution in [0.4, 0.5) is 0 Å². The maximum absolute atomic E-state index is 4.61. The zero-order chi connectivity index (χ0) is 13.2. The van der Waals surface area contributed by atoms with Crippen molar-refractivity contribution in [2.24, 2.45) is 5.41 Å². The second kappa shape index (κ2) is 5.43. The largest absolute Gasteiger partial charge is 0.310 e. The first-order chi connectivity index (χ1) is 8.44. The standard InChI is InChI=1S/C15H27N3/c1-12-13(10-16-14-6-7-14)11-18(17-12)9-5-8-15(2,3)4/h11,14,16H,5-10H2,1-4H3. The van der Waals surface area contributed by atoms with Crippen molar-refractivity contribution < 1.29 is 0 Å². The number of nitrogens with one attached hydrogen (secondary N) is 1. The van der Waals surface area contributed by atoms with Crippen molar-refractivity contribution in [3.05, 3.63) is 17.5 Å². The molecule has 0 amide bonds. The van der Waals surface area contributed by atoms with Crippen molar-refractivity contribution in [3.63, 3.8) is 0 Å². The van der Waals surface area contributed by atoms with Gasteiger partial charge in [-0.1, -0.05) is 20.8 Å². The van der Waals surface area contributed by atoms with Crippen molar-refractivity contribution >= 4 is 0 Å². The van der Waals surface area contributed by atoms with E-state index in [0.717, 1.165) is 19.1 Å². The van der Waals surface area contributed by atoms with Crippen LogP contribution in [0.2, 0.25) is 0 Å². The zero-order valence-electron chi connectivity index (χ0n) is 12.3. The molecule has 1 heterocycles. The normalized spacial score (nSPS) is 16.2. The average Bonchev–Trinajstić information content (AvgIpc) is 3.00. The molecule has 0 atom stereocenters. The lowest BCUT2D eigenvalue weighted by molar-refractivity contribution is 0.348. The SMILES string of the molecule is Cc1nn(CCCC(C)(C)C)cc1CNC1CC1. The van der Waals surface area contributed by atoms with Crippen LogP contribution in [0.1, 0.15) is 57.7 Å². The van der Waals surface area contributed by atoms with E-state index in [-0.39, 0.29) is 0 Å². The molecule has 1 fully saturated rings. The fourth-order valence-corrected chi connectivity index (χ4v) is 2.16. The number of nitrogens with zero attached hydrogens (tertiary/aromatic N) is 2. The summed E-state index contributed by atoms with van der Waals surface area (Å²) < 4.78 is 2.12. The minimum Gasteiger partial charge on any atom is -0.310 e. The van der Waals surface area contributed by atoms with E-state index in [9.17, 15) is 0 Å². The van der Waals surface area contributed by atoms with E-state index in [0.29, 0.717) is 5.41 Å². The van der Waals surface area contributed by atoms with Gasteiger partial charge < -0.3 is 5.32 Å². The highest BCUT2D eigenvalue weighted by molar-refractivity contribution is 5.15. The molecule has 0 bridgehead atoms. The van der Waals surface area contributed by atoms with Crippen molar-refractivity contribution in [3.8, 4) is 0 Å². The fraction of sp³-hybridized carbons (Fsp3) is 0.800. The summed E-state index contributed by atoms with van der Waals surface area (Å²) in [5.41, 5.74) is 2.97. The summed E-state index contributed by atoms with van der Waals surface area (Å²) in [6.45, 7) is 11.0. The summed E-state index contributed by atoms with van der Waals surface area (Å²) >= 11 is 0. The second-order valence-electron chi connectivity index (χ2n) is 6.82. The third kappa shape index (κ3) is 4.45. The van der Waals surface area contributed by atoms with Gasteiger partial charge in [0.2, 0.25) is 0 Å². The summed E-state index contributed by atoms with van der Waals surface area (Å²) in [4.78, 5) is 0. The summed E-state index contributed by atoms with van der Waals surface area (Å²) in [7, 11) is 0. The molecule has 102 valence electrons. The smallest absolute Gasteiger partial charge is 0.0638 e. The van der Waals surface area contributed by atoms with Gasteiger partial charge in [0, 0.05) is 30.9 Å². The van der Waals surface area contributed by atoms with Crippen LogP contribution in [0.5, 0.6) is 0 Å². The highest BCUT2D eigenvalue weighted by Gasteiger charge is 2.20. The summed E-state index contributed by atoms with van der Waals surface area (Å²) in [6, 6.07) is 0.772. The predicted molar refractivity (Wildman–Crippen MR) is 75.5 cm³/mol. The molecule has 1 N–H and O–H groups in total. The van der Waals surface area contributed by atoms with Gasteiger partial charge in [-0.3, -0.25) is 4.68 Å². The van der Waals surface area contributed by atoms with Gasteiger partial charge in [-0.05, 0) is 38.0 Å². The Hall–Kier alpha value is -0.830. The van der Waals surface area contributed by atoms with E-state index in [1.54, 1.807) is 0 Å². The third-order valence-corrected chi connectivity index (χ3v) is 3.52. The first-order valence-corrected chi connectivity index (χ1v) is 7.20. The topological polar surface area (TPSA) is 29.9 Å². The minimum absolute atomic E-state index is 0.429. The molecule has 3 heteroatoms. The Morgan fingerprint density at radius 2 is 2.11 bits per heavy atom. The van der Waals surface area contributed by atoms with E-state index < -0.39 is 0 Å². The molecule has 1 aromatic heterocycles. The van der Waals surface area contributed by atoms with E-state index in [4.69, 9.17) is 0 Å². The van der Waals surface area contributed by atoms with Crippen molar-refractivity contribution in [2.45, 2.75) is 72.5 Å². The Bertz CT molecular complexity index is 383. The Morgan fingerprint density at radius 1 is 1.39 bits per heavy atom. The molecule has 2 rings (SSSR count). The Morgan fingerprint density at radius 3 is 2.72 bits per heavy atom. The molecule has 1 aliphatic rings. The lowest BCUT2D eigenvalue weighted by Crippen LogP contribution is -2.15. The molecule has 1 aliphatic carbocycles. The Kier molecular flexibility index (Phi) is 4.10. The second-order valence-corrected chi connectivity index (χ2v) is 6.82. The van der Waals surface area contributed by atoms with Crippen LogP contribution in [0, 0.1) is 12.3 Å². The molecule has 3 nitrogen and oxygen atoms in total. The van der Waals surface area contributed by atoms with Gasteiger partial charge >= 0.3 is 0 Å². The van der Waals surface area contributed by atoms with Gasteiger partial charge in [0.05, 0.1) is 5.69 Å². The molecule has 0 aromatic carbocycles. The number of hydrogen-bond donors (Lipinski definition) is 1. The fourth-order valence-electron chi connectivity index (χ4n) is 2.16. The molecule has 0 saturated heterocycles. The predicted octanol–water partition coefficient (Wildman–Crippen LogP) is 3.27. The summed E-state index contributed by atoms with van der Waals surface area (Å²) in [6.07, 6.45) is 7.37. The molecule has 0 spiro atoms. The molecule has 1 aromatic rings. The van der Waals surface area contributed by atoms with Crippen molar-refractivity contribution in [1.82, 2.24) is 15.1 Å². The molecular formula is C15H27N3. The highest BCUT2D eigenvalue weighted by Crippen LogP contribution is 2.21. The Balaban J connectivity index is 1.79. The van der Waals surface area contributed by atoms with E-state index in [2.05, 4.69) is 49.0 Å². The van der Waals surface area contributed by atoms with Crippen LogP contribution in [0.15, 0.2) is 6.20 Å². The number of rotatable bonds is 6. The summed E-state index contributed by atoms with van der Waals surface area (Å²) in [5.74, 6) is 0. The molecule has 0 aliphatic heterocycles. The van der Waals surface area contributed by atoms with Crippen molar-refractivity contribution in [1.29, 1.82) is 0 Å². The van der Waals surface area contributed by atoms with Crippen molar-refractivity contribution in [2.75, 3.05) is 0 Å². The van der Waals surface area contributed by atoms with Crippen LogP contribution >= 0.6 is 0 Å². The van der Waals surface area contributed by atoms with Crippen LogP contribution in [0.3, 0.4) is 0 Å².